The van der Waals surface area contributed by atoms with Crippen LogP contribution in [0.2, 0.25) is 0 Å². The maximum Gasteiger partial charge on any atom is 0.416 e. The van der Waals surface area contributed by atoms with Crippen LogP contribution in [-0.2, 0) is 0 Å². The number of rotatable bonds is 7. The van der Waals surface area contributed by atoms with E-state index >= 15 is 0 Å². The van der Waals surface area contributed by atoms with Gasteiger partial charge in [0, 0.05) is 11.4 Å². The zero-order chi connectivity index (χ0) is 23.1. The summed E-state index contributed by atoms with van der Waals surface area (Å²) >= 11 is 0. The number of nitrogens with zero attached hydrogens (tertiary/aromatic N) is 1. The fraction of sp³-hybridized carbons (Fsp3) is 0.269. The molecule has 0 aromatic heterocycles. The number of hydrogen-bond donors (Lipinski definition) is 2. The Morgan fingerprint density at radius 3 is 2.25 bits per heavy atom. The lowest BCUT2D eigenvalue weighted by atomic mass is 9.80. The Morgan fingerprint density at radius 1 is 1.06 bits per heavy atom. The van der Waals surface area contributed by atoms with E-state index in [4.69, 9.17) is 16.5 Å². The summed E-state index contributed by atoms with van der Waals surface area (Å²) in [7, 11) is 0. The molecule has 2 atom stereocenters. The number of allylic oxidation sites excluding steroid dienone is 11. The normalized spacial score (nSPS) is 21.8. The molecule has 0 heterocycles. The summed E-state index contributed by atoms with van der Waals surface area (Å²) in [4.78, 5) is 4.76. The van der Waals surface area contributed by atoms with Crippen molar-refractivity contribution in [1.82, 2.24) is 0 Å². The van der Waals surface area contributed by atoms with Crippen LogP contribution in [0.15, 0.2) is 101 Å². The highest BCUT2D eigenvalue weighted by Crippen LogP contribution is 2.35. The highest BCUT2D eigenvalue weighted by molar-refractivity contribution is 6.11. The van der Waals surface area contributed by atoms with Crippen molar-refractivity contribution >= 4 is 17.1 Å². The van der Waals surface area contributed by atoms with Crippen molar-refractivity contribution in [3.8, 4) is 0 Å². The van der Waals surface area contributed by atoms with Crippen molar-refractivity contribution in [2.45, 2.75) is 31.9 Å². The number of aliphatic imine (C=N–C) groups is 1. The van der Waals surface area contributed by atoms with Crippen LogP contribution in [0.4, 0.5) is 24.5 Å². The lowest BCUT2D eigenvalue weighted by Gasteiger charge is -2.26. The summed E-state index contributed by atoms with van der Waals surface area (Å²) in [6, 6.07) is 7.27. The molecule has 0 spiro atoms. The minimum atomic E-state index is -4.29. The predicted octanol–water partition coefficient (Wildman–Crippen LogP) is 6.72. The molecule has 0 saturated heterocycles. The summed E-state index contributed by atoms with van der Waals surface area (Å²) in [5.74, 6) is 0.182. The van der Waals surface area contributed by atoms with Crippen LogP contribution in [-0.4, -0.2) is 11.9 Å². The van der Waals surface area contributed by atoms with Crippen LogP contribution in [0, 0.1) is 11.8 Å². The van der Waals surface area contributed by atoms with E-state index in [1.807, 2.05) is 30.4 Å². The van der Waals surface area contributed by atoms with Crippen molar-refractivity contribution in [2.24, 2.45) is 22.6 Å². The second-order valence-corrected chi connectivity index (χ2v) is 7.97. The van der Waals surface area contributed by atoms with Crippen LogP contribution >= 0.6 is 0 Å². The topological polar surface area (TPSA) is 64.4 Å². The Hall–Kier alpha value is -3.28. The first-order chi connectivity index (χ1) is 15.3. The van der Waals surface area contributed by atoms with Crippen molar-refractivity contribution in [2.75, 3.05) is 5.73 Å². The largest absolute Gasteiger partial charge is 0.416 e. The molecule has 0 amide bonds. The van der Waals surface area contributed by atoms with Gasteiger partial charge < -0.3 is 11.5 Å². The monoisotopic (exact) mass is 439 g/mol. The summed E-state index contributed by atoms with van der Waals surface area (Å²) in [6.45, 7) is 3.73. The number of alkyl halides is 3. The number of halogens is 3. The van der Waals surface area contributed by atoms with E-state index < -0.39 is 11.7 Å². The molecule has 1 aromatic carbocycles. The van der Waals surface area contributed by atoms with Crippen molar-refractivity contribution < 1.29 is 13.2 Å². The zero-order valence-corrected chi connectivity index (χ0v) is 17.9. The fourth-order valence-electron chi connectivity index (χ4n) is 3.69. The SMILES string of the molecule is C=CCCC(N)=CC(=Nc1ccc(N)cc1)C1=CCC(C2C=CC(C(F)(F)F)=CC2)C=C1. The van der Waals surface area contributed by atoms with E-state index in [2.05, 4.69) is 18.7 Å². The average Bonchev–Trinajstić information content (AvgIpc) is 2.78. The third-order valence-corrected chi connectivity index (χ3v) is 5.54. The molecule has 1 aromatic rings. The van der Waals surface area contributed by atoms with E-state index in [0.29, 0.717) is 24.2 Å². The van der Waals surface area contributed by atoms with Gasteiger partial charge in [0.25, 0.3) is 0 Å². The number of hydrogen-bond acceptors (Lipinski definition) is 3. The molecule has 0 aliphatic heterocycles. The number of nitrogen functional groups attached to an aromatic ring is 1. The van der Waals surface area contributed by atoms with Crippen LogP contribution < -0.4 is 11.5 Å². The third-order valence-electron chi connectivity index (χ3n) is 5.54. The van der Waals surface area contributed by atoms with Gasteiger partial charge in [0.05, 0.1) is 17.0 Å². The molecular formula is C26H28F3N3. The molecule has 0 fully saturated rings. The third kappa shape index (κ3) is 6.36. The van der Waals surface area contributed by atoms with Crippen LogP contribution in [0.1, 0.15) is 25.7 Å². The maximum absolute atomic E-state index is 12.8. The van der Waals surface area contributed by atoms with Gasteiger partial charge in [-0.2, -0.15) is 13.2 Å². The van der Waals surface area contributed by atoms with Crippen molar-refractivity contribution in [3.05, 3.63) is 96.3 Å². The van der Waals surface area contributed by atoms with Crippen LogP contribution in [0.25, 0.3) is 0 Å². The molecule has 4 N–H and O–H groups in total. The molecular weight excluding hydrogens is 411 g/mol. The van der Waals surface area contributed by atoms with Gasteiger partial charge in [-0.3, -0.25) is 0 Å². The number of anilines is 1. The second-order valence-electron chi connectivity index (χ2n) is 7.97. The van der Waals surface area contributed by atoms with Crippen LogP contribution in [0.3, 0.4) is 0 Å². The first-order valence-electron chi connectivity index (χ1n) is 10.6. The summed E-state index contributed by atoms with van der Waals surface area (Å²) in [5.41, 5.74) is 15.2. The van der Waals surface area contributed by atoms with Gasteiger partial charge >= 0.3 is 6.18 Å². The summed E-state index contributed by atoms with van der Waals surface area (Å²) < 4.78 is 38.5. The average molecular weight is 440 g/mol. The molecule has 0 bridgehead atoms. The summed E-state index contributed by atoms with van der Waals surface area (Å²) in [6.07, 6.45) is 12.2. The smallest absolute Gasteiger partial charge is 0.402 e. The Balaban J connectivity index is 1.77. The van der Waals surface area contributed by atoms with E-state index in [1.54, 1.807) is 18.2 Å². The van der Waals surface area contributed by atoms with E-state index in [-0.39, 0.29) is 11.8 Å². The highest BCUT2D eigenvalue weighted by Gasteiger charge is 2.33. The van der Waals surface area contributed by atoms with Gasteiger partial charge in [-0.15, -0.1) is 6.58 Å². The molecule has 0 saturated carbocycles. The van der Waals surface area contributed by atoms with Gasteiger partial charge in [-0.1, -0.05) is 42.5 Å². The van der Waals surface area contributed by atoms with Crippen molar-refractivity contribution in [3.63, 3.8) is 0 Å². The Labute approximate surface area is 187 Å². The van der Waals surface area contributed by atoms with Gasteiger partial charge in [0.15, 0.2) is 0 Å². The zero-order valence-electron chi connectivity index (χ0n) is 17.9. The van der Waals surface area contributed by atoms with Gasteiger partial charge in [0.2, 0.25) is 0 Å². The first-order valence-corrected chi connectivity index (χ1v) is 10.6. The molecule has 32 heavy (non-hydrogen) atoms. The molecule has 168 valence electrons. The Morgan fingerprint density at radius 2 is 1.72 bits per heavy atom. The van der Waals surface area contributed by atoms with E-state index in [0.717, 1.165) is 29.8 Å². The lowest BCUT2D eigenvalue weighted by molar-refractivity contribution is -0.0887. The Bertz CT molecular complexity index is 1010. The van der Waals surface area contributed by atoms with E-state index in [1.165, 1.54) is 12.2 Å². The second kappa shape index (κ2) is 10.4. The molecule has 2 aliphatic rings. The standard InChI is InChI=1S/C26H28F3N3/c1-2-3-4-23(31)17-25(32-24-15-13-22(30)14-16-24)20-7-5-18(6-8-20)19-9-11-21(12-10-19)26(27,28)29/h2,5,7-9,11-19H,1,3-4,6,10,30-31H2. The fourth-order valence-corrected chi connectivity index (χ4v) is 3.69. The lowest BCUT2D eigenvalue weighted by Crippen LogP contribution is -2.18. The molecule has 0 radical (unpaired) electrons. The molecule has 3 nitrogen and oxygen atoms in total. The van der Waals surface area contributed by atoms with Crippen LogP contribution in [0.5, 0.6) is 0 Å². The van der Waals surface area contributed by atoms with Crippen molar-refractivity contribution in [1.29, 1.82) is 0 Å². The Kier molecular flexibility index (Phi) is 7.57. The van der Waals surface area contributed by atoms with E-state index in [9.17, 15) is 13.2 Å². The molecule has 6 heteroatoms. The van der Waals surface area contributed by atoms with Gasteiger partial charge in [0.1, 0.15) is 0 Å². The number of nitrogens with two attached hydrogens (primary N) is 2. The molecule has 2 aliphatic carbocycles. The number of benzene rings is 1. The van der Waals surface area contributed by atoms with Gasteiger partial charge in [-0.25, -0.2) is 4.99 Å². The minimum Gasteiger partial charge on any atom is -0.402 e. The quantitative estimate of drug-likeness (QED) is 0.281. The molecule has 3 rings (SSSR count). The highest BCUT2D eigenvalue weighted by atomic mass is 19.4. The summed E-state index contributed by atoms with van der Waals surface area (Å²) in [5, 5.41) is 0. The first kappa shape index (κ1) is 23.4. The minimum absolute atomic E-state index is 0.0424. The predicted molar refractivity (Wildman–Crippen MR) is 126 cm³/mol. The van der Waals surface area contributed by atoms with Gasteiger partial charge in [-0.05, 0) is 73.4 Å². The maximum atomic E-state index is 12.8. The molecule has 2 unspecified atom stereocenters.